The summed E-state index contributed by atoms with van der Waals surface area (Å²) >= 11 is 12.3. The van der Waals surface area contributed by atoms with Gasteiger partial charge < -0.3 is 4.98 Å². The number of aromatic nitrogens is 2. The highest BCUT2D eigenvalue weighted by molar-refractivity contribution is 6.35. The zero-order valence-electron chi connectivity index (χ0n) is 14.6. The lowest BCUT2D eigenvalue weighted by Crippen LogP contribution is -2.26. The Morgan fingerprint density at radius 1 is 1.12 bits per heavy atom. The van der Waals surface area contributed by atoms with Crippen molar-refractivity contribution in [2.24, 2.45) is 0 Å². The Hall–Kier alpha value is -1.88. The first-order valence-electron chi connectivity index (χ1n) is 8.71. The minimum atomic E-state index is -0.106. The van der Waals surface area contributed by atoms with E-state index in [0.717, 1.165) is 24.9 Å². The maximum absolute atomic E-state index is 12.3. The van der Waals surface area contributed by atoms with Gasteiger partial charge in [0.1, 0.15) is 5.82 Å². The van der Waals surface area contributed by atoms with E-state index in [1.54, 1.807) is 12.1 Å². The van der Waals surface area contributed by atoms with Crippen LogP contribution >= 0.6 is 23.2 Å². The van der Waals surface area contributed by atoms with Crippen LogP contribution in [0.15, 0.2) is 47.3 Å². The van der Waals surface area contributed by atoms with E-state index in [1.807, 2.05) is 30.3 Å². The van der Waals surface area contributed by atoms with Crippen molar-refractivity contribution in [3.05, 3.63) is 74.3 Å². The third-order valence-corrected chi connectivity index (χ3v) is 4.86. The molecule has 136 valence electrons. The van der Waals surface area contributed by atoms with Crippen molar-refractivity contribution in [3.63, 3.8) is 0 Å². The minimum Gasteiger partial charge on any atom is -0.309 e. The molecule has 0 spiro atoms. The van der Waals surface area contributed by atoms with Crippen molar-refractivity contribution < 1.29 is 0 Å². The van der Waals surface area contributed by atoms with E-state index >= 15 is 0 Å². The average molecular weight is 390 g/mol. The van der Waals surface area contributed by atoms with Crippen LogP contribution in [0.2, 0.25) is 10.0 Å². The summed E-state index contributed by atoms with van der Waals surface area (Å²) in [6.45, 7) is 4.28. The molecule has 0 radical (unpaired) electrons. The van der Waals surface area contributed by atoms with Crippen LogP contribution in [-0.2, 0) is 13.1 Å². The van der Waals surface area contributed by atoms with E-state index < -0.39 is 0 Å². The third-order valence-electron chi connectivity index (χ3n) is 4.27. The first-order chi connectivity index (χ1) is 12.6. The summed E-state index contributed by atoms with van der Waals surface area (Å²) in [7, 11) is 0. The van der Waals surface area contributed by atoms with E-state index in [2.05, 4.69) is 21.8 Å². The molecule has 4 nitrogen and oxygen atoms in total. The number of para-hydroxylation sites is 1. The lowest BCUT2D eigenvalue weighted by Gasteiger charge is -2.22. The summed E-state index contributed by atoms with van der Waals surface area (Å²) in [6.07, 6.45) is 2.15. The molecule has 1 N–H and O–H groups in total. The summed E-state index contributed by atoms with van der Waals surface area (Å²) in [6, 6.07) is 12.9. The first kappa shape index (κ1) is 18.9. The first-order valence-corrected chi connectivity index (χ1v) is 9.46. The molecule has 1 heterocycles. The highest BCUT2D eigenvalue weighted by atomic mass is 35.5. The van der Waals surface area contributed by atoms with Crippen molar-refractivity contribution >= 4 is 34.1 Å². The molecule has 0 bridgehead atoms. The van der Waals surface area contributed by atoms with Gasteiger partial charge in [-0.15, -0.1) is 0 Å². The SMILES string of the molecule is CCCCN(Cc1nc2ccccc2c(=O)[nH]1)Cc1ccc(Cl)cc1Cl. The van der Waals surface area contributed by atoms with Gasteiger partial charge in [-0.25, -0.2) is 4.98 Å². The highest BCUT2D eigenvalue weighted by Gasteiger charge is 2.12. The Morgan fingerprint density at radius 3 is 2.69 bits per heavy atom. The average Bonchev–Trinajstić information content (AvgIpc) is 2.62. The molecule has 2 aromatic carbocycles. The molecule has 3 rings (SSSR count). The van der Waals surface area contributed by atoms with Crippen LogP contribution in [0.4, 0.5) is 0 Å². The molecule has 0 saturated heterocycles. The Morgan fingerprint density at radius 2 is 1.92 bits per heavy atom. The summed E-state index contributed by atoms with van der Waals surface area (Å²) in [5, 5.41) is 1.88. The molecule has 0 unspecified atom stereocenters. The highest BCUT2D eigenvalue weighted by Crippen LogP contribution is 2.23. The quantitative estimate of drug-likeness (QED) is 0.616. The second-order valence-electron chi connectivity index (χ2n) is 6.33. The maximum atomic E-state index is 12.3. The Bertz CT molecular complexity index is 955. The molecule has 26 heavy (non-hydrogen) atoms. The molecular formula is C20H21Cl2N3O. The summed E-state index contributed by atoms with van der Waals surface area (Å²) in [5.41, 5.74) is 1.62. The number of rotatable bonds is 7. The van der Waals surface area contributed by atoms with Crippen LogP contribution < -0.4 is 5.56 Å². The lowest BCUT2D eigenvalue weighted by molar-refractivity contribution is 0.246. The molecular weight excluding hydrogens is 369 g/mol. The van der Waals surface area contributed by atoms with Gasteiger partial charge in [-0.1, -0.05) is 54.7 Å². The number of aromatic amines is 1. The second kappa shape index (κ2) is 8.67. The predicted molar refractivity (Wildman–Crippen MR) is 108 cm³/mol. The number of unbranched alkanes of at least 4 members (excludes halogenated alkanes) is 1. The Balaban J connectivity index is 1.85. The molecule has 0 atom stereocenters. The maximum Gasteiger partial charge on any atom is 0.258 e. The molecule has 0 amide bonds. The Kier molecular flexibility index (Phi) is 6.30. The number of halogens is 2. The molecule has 0 aliphatic carbocycles. The van der Waals surface area contributed by atoms with Gasteiger partial charge >= 0.3 is 0 Å². The van der Waals surface area contributed by atoms with E-state index in [0.29, 0.717) is 39.9 Å². The van der Waals surface area contributed by atoms with Gasteiger partial charge in [0.2, 0.25) is 0 Å². The van der Waals surface area contributed by atoms with Crippen molar-refractivity contribution in [1.82, 2.24) is 14.9 Å². The molecule has 6 heteroatoms. The van der Waals surface area contributed by atoms with E-state index in [9.17, 15) is 4.79 Å². The zero-order valence-corrected chi connectivity index (χ0v) is 16.1. The van der Waals surface area contributed by atoms with Gasteiger partial charge in [-0.05, 0) is 42.8 Å². The van der Waals surface area contributed by atoms with Crippen LogP contribution in [0.25, 0.3) is 10.9 Å². The standard InChI is InChI=1S/C20H21Cl2N3O/c1-2-3-10-25(12-14-8-9-15(21)11-17(14)22)13-19-23-18-7-5-4-6-16(18)20(26)24-19/h4-9,11H,2-3,10,12-13H2,1H3,(H,23,24,26). The predicted octanol–water partition coefficient (Wildman–Crippen LogP) is 5.03. The fourth-order valence-corrected chi connectivity index (χ4v) is 3.38. The second-order valence-corrected chi connectivity index (χ2v) is 7.17. The van der Waals surface area contributed by atoms with Gasteiger partial charge in [-0.3, -0.25) is 9.69 Å². The molecule has 1 aromatic heterocycles. The van der Waals surface area contributed by atoms with Gasteiger partial charge in [-0.2, -0.15) is 0 Å². The van der Waals surface area contributed by atoms with E-state index in [1.165, 1.54) is 0 Å². The van der Waals surface area contributed by atoms with Crippen LogP contribution in [0, 0.1) is 0 Å². The van der Waals surface area contributed by atoms with Crippen LogP contribution in [0.1, 0.15) is 31.2 Å². The van der Waals surface area contributed by atoms with Crippen molar-refractivity contribution in [1.29, 1.82) is 0 Å². The normalized spacial score (nSPS) is 11.4. The van der Waals surface area contributed by atoms with Crippen molar-refractivity contribution in [3.8, 4) is 0 Å². The Labute approximate surface area is 162 Å². The summed E-state index contributed by atoms with van der Waals surface area (Å²) in [4.78, 5) is 22.1. The minimum absolute atomic E-state index is 0.106. The molecule has 0 aliphatic rings. The van der Waals surface area contributed by atoms with Gasteiger partial charge in [0.05, 0.1) is 17.4 Å². The van der Waals surface area contributed by atoms with Crippen molar-refractivity contribution in [2.45, 2.75) is 32.9 Å². The lowest BCUT2D eigenvalue weighted by atomic mass is 10.2. The van der Waals surface area contributed by atoms with Crippen molar-refractivity contribution in [2.75, 3.05) is 6.54 Å². The van der Waals surface area contributed by atoms with Gasteiger partial charge in [0.25, 0.3) is 5.56 Å². The fraction of sp³-hybridized carbons (Fsp3) is 0.300. The number of H-pyrrole nitrogens is 1. The number of fused-ring (bicyclic) bond motifs is 1. The van der Waals surface area contributed by atoms with Crippen LogP contribution in [-0.4, -0.2) is 21.4 Å². The number of nitrogens with zero attached hydrogens (tertiary/aromatic N) is 2. The molecule has 0 saturated carbocycles. The smallest absolute Gasteiger partial charge is 0.258 e. The molecule has 3 aromatic rings. The number of hydrogen-bond acceptors (Lipinski definition) is 3. The van der Waals surface area contributed by atoms with Gasteiger partial charge in [0.15, 0.2) is 0 Å². The zero-order chi connectivity index (χ0) is 18.5. The number of nitrogens with one attached hydrogen (secondary N) is 1. The van der Waals surface area contributed by atoms with Crippen LogP contribution in [0.5, 0.6) is 0 Å². The topological polar surface area (TPSA) is 49.0 Å². The monoisotopic (exact) mass is 389 g/mol. The largest absolute Gasteiger partial charge is 0.309 e. The summed E-state index contributed by atoms with van der Waals surface area (Å²) in [5.74, 6) is 0.662. The van der Waals surface area contributed by atoms with Crippen LogP contribution in [0.3, 0.4) is 0 Å². The van der Waals surface area contributed by atoms with Gasteiger partial charge in [0, 0.05) is 16.6 Å². The third kappa shape index (κ3) is 4.64. The van der Waals surface area contributed by atoms with E-state index in [-0.39, 0.29) is 5.56 Å². The number of hydrogen-bond donors (Lipinski definition) is 1. The fourth-order valence-electron chi connectivity index (χ4n) is 2.91. The van der Waals surface area contributed by atoms with E-state index in [4.69, 9.17) is 23.2 Å². The molecule has 0 aliphatic heterocycles. The summed E-state index contributed by atoms with van der Waals surface area (Å²) < 4.78 is 0. The molecule has 0 fully saturated rings. The number of benzene rings is 2.